The van der Waals surface area contributed by atoms with Crippen molar-refractivity contribution in [2.75, 3.05) is 7.11 Å². The summed E-state index contributed by atoms with van der Waals surface area (Å²) in [6.07, 6.45) is 1.85. The molecule has 0 unspecified atom stereocenters. The zero-order valence-electron chi connectivity index (χ0n) is 10.1. The summed E-state index contributed by atoms with van der Waals surface area (Å²) in [7, 11) is 1.64. The van der Waals surface area contributed by atoms with Crippen molar-refractivity contribution >= 4 is 11.3 Å². The number of ether oxygens (including phenoxy) is 1. The molecule has 0 saturated heterocycles. The van der Waals surface area contributed by atoms with Crippen LogP contribution in [0.4, 0.5) is 0 Å². The number of thiazole rings is 1. The van der Waals surface area contributed by atoms with Crippen LogP contribution in [0.25, 0.3) is 0 Å². The van der Waals surface area contributed by atoms with E-state index in [1.165, 1.54) is 16.0 Å². The van der Waals surface area contributed by atoms with E-state index in [1.54, 1.807) is 18.4 Å². The SMILES string of the molecule is COc1ncc(CNCc2ccc(C)cc2)s1. The Hall–Kier alpha value is -1.39. The van der Waals surface area contributed by atoms with Crippen molar-refractivity contribution in [2.45, 2.75) is 20.0 Å². The van der Waals surface area contributed by atoms with Gasteiger partial charge in [0, 0.05) is 24.2 Å². The number of methoxy groups -OCH3 is 1. The van der Waals surface area contributed by atoms with E-state index in [0.29, 0.717) is 0 Å². The zero-order chi connectivity index (χ0) is 12.1. The minimum Gasteiger partial charge on any atom is -0.473 e. The van der Waals surface area contributed by atoms with Gasteiger partial charge < -0.3 is 10.1 Å². The van der Waals surface area contributed by atoms with Gasteiger partial charge in [-0.1, -0.05) is 41.2 Å². The summed E-state index contributed by atoms with van der Waals surface area (Å²) in [5.74, 6) is 0. The Morgan fingerprint density at radius 2 is 2.00 bits per heavy atom. The molecule has 0 aliphatic heterocycles. The van der Waals surface area contributed by atoms with Crippen molar-refractivity contribution in [2.24, 2.45) is 0 Å². The molecule has 4 heteroatoms. The summed E-state index contributed by atoms with van der Waals surface area (Å²) in [5.41, 5.74) is 2.59. The standard InChI is InChI=1S/C13H16N2OS/c1-10-3-5-11(6-4-10)7-14-8-12-9-15-13(16-2)17-12/h3-6,9,14H,7-8H2,1-2H3. The number of nitrogens with one attached hydrogen (secondary N) is 1. The molecule has 0 aliphatic rings. The first-order chi connectivity index (χ1) is 8.28. The van der Waals surface area contributed by atoms with Crippen LogP contribution < -0.4 is 10.1 Å². The van der Waals surface area contributed by atoms with Gasteiger partial charge in [0.05, 0.1) is 7.11 Å². The number of rotatable bonds is 5. The van der Waals surface area contributed by atoms with Crippen LogP contribution in [-0.2, 0) is 13.1 Å². The van der Waals surface area contributed by atoms with Gasteiger partial charge in [-0.25, -0.2) is 4.98 Å². The molecule has 1 aromatic heterocycles. The Morgan fingerprint density at radius 1 is 1.24 bits per heavy atom. The minimum absolute atomic E-state index is 0.720. The Morgan fingerprint density at radius 3 is 2.65 bits per heavy atom. The van der Waals surface area contributed by atoms with Crippen LogP contribution in [0.5, 0.6) is 5.19 Å². The molecule has 0 atom stereocenters. The van der Waals surface area contributed by atoms with Crippen molar-refractivity contribution in [1.29, 1.82) is 0 Å². The molecule has 0 fully saturated rings. The van der Waals surface area contributed by atoms with Gasteiger partial charge in [0.15, 0.2) is 0 Å². The van der Waals surface area contributed by atoms with E-state index in [1.807, 2.05) is 6.20 Å². The highest BCUT2D eigenvalue weighted by Gasteiger charge is 2.00. The van der Waals surface area contributed by atoms with Crippen LogP contribution in [0.3, 0.4) is 0 Å². The van der Waals surface area contributed by atoms with Crippen LogP contribution in [0.1, 0.15) is 16.0 Å². The lowest BCUT2D eigenvalue weighted by Crippen LogP contribution is -2.11. The zero-order valence-corrected chi connectivity index (χ0v) is 10.9. The normalized spacial score (nSPS) is 10.5. The third-order valence-corrected chi connectivity index (χ3v) is 3.41. The molecule has 0 radical (unpaired) electrons. The average Bonchev–Trinajstić information content (AvgIpc) is 2.80. The van der Waals surface area contributed by atoms with Gasteiger partial charge in [0.1, 0.15) is 0 Å². The molecule has 3 nitrogen and oxygen atoms in total. The number of hydrogen-bond acceptors (Lipinski definition) is 4. The van der Waals surface area contributed by atoms with Gasteiger partial charge in [-0.3, -0.25) is 0 Å². The van der Waals surface area contributed by atoms with Gasteiger partial charge in [-0.05, 0) is 12.5 Å². The predicted octanol–water partition coefficient (Wildman–Crippen LogP) is 2.75. The fourth-order valence-corrected chi connectivity index (χ4v) is 2.19. The Bertz CT molecular complexity index is 465. The number of benzene rings is 1. The molecule has 0 spiro atoms. The minimum atomic E-state index is 0.720. The lowest BCUT2D eigenvalue weighted by atomic mass is 10.1. The van der Waals surface area contributed by atoms with Crippen LogP contribution in [0.2, 0.25) is 0 Å². The van der Waals surface area contributed by atoms with Crippen molar-refractivity contribution in [3.05, 3.63) is 46.5 Å². The van der Waals surface area contributed by atoms with Gasteiger partial charge in [0.2, 0.25) is 0 Å². The summed E-state index contributed by atoms with van der Waals surface area (Å²) in [6.45, 7) is 3.80. The fourth-order valence-electron chi connectivity index (χ4n) is 1.50. The van der Waals surface area contributed by atoms with Crippen LogP contribution in [0, 0.1) is 6.92 Å². The van der Waals surface area contributed by atoms with Gasteiger partial charge in [0.25, 0.3) is 5.19 Å². The molecule has 0 bridgehead atoms. The molecule has 1 aromatic carbocycles. The predicted molar refractivity (Wildman–Crippen MR) is 70.4 cm³/mol. The first-order valence-corrected chi connectivity index (χ1v) is 6.34. The quantitative estimate of drug-likeness (QED) is 0.883. The largest absolute Gasteiger partial charge is 0.473 e. The first-order valence-electron chi connectivity index (χ1n) is 5.53. The van der Waals surface area contributed by atoms with E-state index in [-0.39, 0.29) is 0 Å². The highest BCUT2D eigenvalue weighted by molar-refractivity contribution is 7.13. The van der Waals surface area contributed by atoms with Crippen LogP contribution in [0.15, 0.2) is 30.5 Å². The maximum Gasteiger partial charge on any atom is 0.273 e. The molecular weight excluding hydrogens is 232 g/mol. The van der Waals surface area contributed by atoms with Gasteiger partial charge >= 0.3 is 0 Å². The second-order valence-electron chi connectivity index (χ2n) is 3.89. The molecule has 1 N–H and O–H groups in total. The average molecular weight is 248 g/mol. The molecule has 1 heterocycles. The smallest absolute Gasteiger partial charge is 0.273 e. The lowest BCUT2D eigenvalue weighted by molar-refractivity contribution is 0.412. The monoisotopic (exact) mass is 248 g/mol. The lowest BCUT2D eigenvalue weighted by Gasteiger charge is -2.03. The van der Waals surface area contributed by atoms with E-state index in [0.717, 1.165) is 18.3 Å². The topological polar surface area (TPSA) is 34.1 Å². The molecule has 2 rings (SSSR count). The molecule has 0 saturated carbocycles. The molecule has 17 heavy (non-hydrogen) atoms. The second kappa shape index (κ2) is 5.80. The second-order valence-corrected chi connectivity index (χ2v) is 4.96. The first kappa shape index (κ1) is 12.1. The Kier molecular flexibility index (Phi) is 4.12. The summed E-state index contributed by atoms with van der Waals surface area (Å²) >= 11 is 1.57. The van der Waals surface area contributed by atoms with Crippen molar-refractivity contribution < 1.29 is 4.74 Å². The summed E-state index contributed by atoms with van der Waals surface area (Å²) in [5, 5.41) is 4.11. The van der Waals surface area contributed by atoms with E-state index < -0.39 is 0 Å². The molecular formula is C13H16N2OS. The molecule has 0 aliphatic carbocycles. The van der Waals surface area contributed by atoms with E-state index in [4.69, 9.17) is 4.74 Å². The Balaban J connectivity index is 1.81. The number of aryl methyl sites for hydroxylation is 1. The highest BCUT2D eigenvalue weighted by Crippen LogP contribution is 2.19. The third-order valence-electron chi connectivity index (χ3n) is 2.46. The number of aromatic nitrogens is 1. The summed E-state index contributed by atoms with van der Waals surface area (Å²) in [6, 6.07) is 8.56. The fraction of sp³-hybridized carbons (Fsp3) is 0.308. The third kappa shape index (κ3) is 3.54. The molecule has 0 amide bonds. The van der Waals surface area contributed by atoms with Crippen molar-refractivity contribution in [3.63, 3.8) is 0 Å². The molecule has 90 valence electrons. The number of hydrogen-bond donors (Lipinski definition) is 1. The van der Waals surface area contributed by atoms with E-state index in [9.17, 15) is 0 Å². The molecule has 2 aromatic rings. The Labute approximate surface area is 105 Å². The highest BCUT2D eigenvalue weighted by atomic mass is 32.1. The van der Waals surface area contributed by atoms with Crippen molar-refractivity contribution in [3.8, 4) is 5.19 Å². The van der Waals surface area contributed by atoms with Gasteiger partial charge in [-0.2, -0.15) is 0 Å². The maximum atomic E-state index is 5.05. The maximum absolute atomic E-state index is 5.05. The van der Waals surface area contributed by atoms with Gasteiger partial charge in [-0.15, -0.1) is 0 Å². The summed E-state index contributed by atoms with van der Waals surface area (Å²) < 4.78 is 5.05. The van der Waals surface area contributed by atoms with E-state index in [2.05, 4.69) is 41.5 Å². The van der Waals surface area contributed by atoms with Crippen molar-refractivity contribution in [1.82, 2.24) is 10.3 Å². The van der Waals surface area contributed by atoms with Crippen LogP contribution >= 0.6 is 11.3 Å². The number of nitrogens with zero attached hydrogens (tertiary/aromatic N) is 1. The van der Waals surface area contributed by atoms with Crippen LogP contribution in [-0.4, -0.2) is 12.1 Å². The summed E-state index contributed by atoms with van der Waals surface area (Å²) in [4.78, 5) is 5.32. The van der Waals surface area contributed by atoms with E-state index >= 15 is 0 Å².